The molecule has 4 nitrogen and oxygen atoms in total. The van der Waals surface area contributed by atoms with Gasteiger partial charge in [-0.05, 0) is 47.8 Å². The molecule has 0 bridgehead atoms. The zero-order chi connectivity index (χ0) is 15.1. The third kappa shape index (κ3) is 4.34. The first-order valence-corrected chi connectivity index (χ1v) is 7.50. The summed E-state index contributed by atoms with van der Waals surface area (Å²) < 4.78 is 5.69. The van der Waals surface area contributed by atoms with Gasteiger partial charge in [-0.2, -0.15) is 0 Å². The summed E-state index contributed by atoms with van der Waals surface area (Å²) in [7, 11) is 0. The van der Waals surface area contributed by atoms with Crippen molar-refractivity contribution in [2.75, 3.05) is 19.7 Å². The van der Waals surface area contributed by atoms with Crippen LogP contribution in [0.1, 0.15) is 36.2 Å². The highest BCUT2D eigenvalue weighted by molar-refractivity contribution is 9.10. The maximum atomic E-state index is 12.5. The number of rotatable bonds is 6. The SMILES string of the molecule is CCCN(CC(=O)OCC)C(=O)c1cccc(C)c1Br. The van der Waals surface area contributed by atoms with E-state index < -0.39 is 0 Å². The van der Waals surface area contributed by atoms with Crippen LogP contribution in [-0.4, -0.2) is 36.5 Å². The number of benzene rings is 1. The smallest absolute Gasteiger partial charge is 0.325 e. The lowest BCUT2D eigenvalue weighted by Crippen LogP contribution is -2.37. The largest absolute Gasteiger partial charge is 0.465 e. The number of esters is 1. The Morgan fingerprint density at radius 3 is 2.60 bits per heavy atom. The third-order valence-electron chi connectivity index (χ3n) is 2.83. The first-order chi connectivity index (χ1) is 9.51. The van der Waals surface area contributed by atoms with Crippen LogP contribution in [-0.2, 0) is 9.53 Å². The molecule has 0 fully saturated rings. The molecule has 0 spiro atoms. The quantitative estimate of drug-likeness (QED) is 0.746. The van der Waals surface area contributed by atoms with Gasteiger partial charge >= 0.3 is 5.97 Å². The van der Waals surface area contributed by atoms with Gasteiger partial charge in [0.05, 0.1) is 12.2 Å². The van der Waals surface area contributed by atoms with Gasteiger partial charge in [0.2, 0.25) is 0 Å². The molecule has 0 aliphatic carbocycles. The third-order valence-corrected chi connectivity index (χ3v) is 3.88. The van der Waals surface area contributed by atoms with Crippen LogP contribution in [0.3, 0.4) is 0 Å². The normalized spacial score (nSPS) is 10.2. The number of nitrogens with zero attached hydrogens (tertiary/aromatic N) is 1. The van der Waals surface area contributed by atoms with Gasteiger partial charge < -0.3 is 9.64 Å². The molecule has 0 unspecified atom stereocenters. The van der Waals surface area contributed by atoms with Crippen molar-refractivity contribution in [3.63, 3.8) is 0 Å². The number of carbonyl (C=O) groups excluding carboxylic acids is 2. The summed E-state index contributed by atoms with van der Waals surface area (Å²) in [5.74, 6) is -0.534. The second kappa shape index (κ2) is 8.04. The van der Waals surface area contributed by atoms with Crippen LogP contribution < -0.4 is 0 Å². The molecular weight excluding hydrogens is 322 g/mol. The van der Waals surface area contributed by atoms with Gasteiger partial charge in [0.25, 0.3) is 5.91 Å². The molecule has 0 saturated carbocycles. The van der Waals surface area contributed by atoms with E-state index in [1.807, 2.05) is 26.0 Å². The number of hydrogen-bond acceptors (Lipinski definition) is 3. The second-order valence-corrected chi connectivity index (χ2v) is 5.26. The number of amides is 1. The van der Waals surface area contributed by atoms with Crippen molar-refractivity contribution >= 4 is 27.8 Å². The standard InChI is InChI=1S/C15H20BrNO3/c1-4-9-17(10-13(18)20-5-2)15(19)12-8-6-7-11(3)14(12)16/h6-8H,4-5,9-10H2,1-3H3. The van der Waals surface area contributed by atoms with Crippen molar-refractivity contribution in [1.29, 1.82) is 0 Å². The van der Waals surface area contributed by atoms with Crippen molar-refractivity contribution in [3.8, 4) is 0 Å². The first-order valence-electron chi connectivity index (χ1n) is 6.71. The van der Waals surface area contributed by atoms with Crippen molar-refractivity contribution in [2.45, 2.75) is 27.2 Å². The Hall–Kier alpha value is -1.36. The second-order valence-electron chi connectivity index (χ2n) is 4.47. The zero-order valence-electron chi connectivity index (χ0n) is 12.1. The molecule has 1 aromatic rings. The minimum atomic E-state index is -0.377. The highest BCUT2D eigenvalue weighted by Crippen LogP contribution is 2.22. The van der Waals surface area contributed by atoms with Crippen LogP contribution in [0, 0.1) is 6.92 Å². The molecule has 1 rings (SSSR count). The van der Waals surface area contributed by atoms with Gasteiger partial charge in [-0.1, -0.05) is 19.1 Å². The Labute approximate surface area is 128 Å². The van der Waals surface area contributed by atoms with E-state index in [2.05, 4.69) is 15.9 Å². The van der Waals surface area contributed by atoms with Gasteiger partial charge in [-0.25, -0.2) is 0 Å². The summed E-state index contributed by atoms with van der Waals surface area (Å²) in [5, 5.41) is 0. The van der Waals surface area contributed by atoms with Crippen molar-refractivity contribution < 1.29 is 14.3 Å². The van der Waals surface area contributed by atoms with Crippen LogP contribution in [0.2, 0.25) is 0 Å². The van der Waals surface area contributed by atoms with Gasteiger partial charge in [0, 0.05) is 11.0 Å². The number of hydrogen-bond donors (Lipinski definition) is 0. The molecule has 0 aromatic heterocycles. The molecule has 0 atom stereocenters. The Morgan fingerprint density at radius 1 is 1.30 bits per heavy atom. The topological polar surface area (TPSA) is 46.6 Å². The summed E-state index contributed by atoms with van der Waals surface area (Å²) in [6.45, 7) is 6.48. The maximum absolute atomic E-state index is 12.5. The molecule has 5 heteroatoms. The van der Waals surface area contributed by atoms with E-state index in [-0.39, 0.29) is 18.4 Å². The van der Waals surface area contributed by atoms with E-state index in [4.69, 9.17) is 4.74 Å². The van der Waals surface area contributed by atoms with Crippen LogP contribution in [0.5, 0.6) is 0 Å². The first kappa shape index (κ1) is 16.7. The van der Waals surface area contributed by atoms with E-state index in [1.165, 1.54) is 4.90 Å². The fourth-order valence-corrected chi connectivity index (χ4v) is 2.30. The molecule has 1 aromatic carbocycles. The highest BCUT2D eigenvalue weighted by Gasteiger charge is 2.21. The molecule has 0 aliphatic rings. The average Bonchev–Trinajstić information content (AvgIpc) is 2.41. The van der Waals surface area contributed by atoms with Crippen LogP contribution in [0.25, 0.3) is 0 Å². The van der Waals surface area contributed by atoms with Gasteiger partial charge in [0.1, 0.15) is 6.54 Å². The van der Waals surface area contributed by atoms with E-state index in [0.717, 1.165) is 16.5 Å². The number of carbonyl (C=O) groups is 2. The lowest BCUT2D eigenvalue weighted by atomic mass is 10.1. The van der Waals surface area contributed by atoms with Crippen LogP contribution in [0.4, 0.5) is 0 Å². The van der Waals surface area contributed by atoms with E-state index in [9.17, 15) is 9.59 Å². The molecule has 1 amide bonds. The molecule has 0 heterocycles. The fourth-order valence-electron chi connectivity index (χ4n) is 1.87. The minimum Gasteiger partial charge on any atom is -0.465 e. The number of halogens is 1. The van der Waals surface area contributed by atoms with E-state index in [1.54, 1.807) is 13.0 Å². The summed E-state index contributed by atoms with van der Waals surface area (Å²) in [5.41, 5.74) is 1.56. The number of ether oxygens (including phenoxy) is 1. The monoisotopic (exact) mass is 341 g/mol. The minimum absolute atomic E-state index is 0.0130. The summed E-state index contributed by atoms with van der Waals surface area (Å²) >= 11 is 3.43. The molecule has 20 heavy (non-hydrogen) atoms. The van der Waals surface area contributed by atoms with E-state index >= 15 is 0 Å². The van der Waals surface area contributed by atoms with Crippen molar-refractivity contribution in [3.05, 3.63) is 33.8 Å². The fraction of sp³-hybridized carbons (Fsp3) is 0.467. The molecule has 110 valence electrons. The summed E-state index contributed by atoms with van der Waals surface area (Å²) in [6.07, 6.45) is 0.786. The predicted octanol–water partition coefficient (Wildman–Crippen LogP) is 3.17. The Balaban J connectivity index is 2.93. The molecule has 0 radical (unpaired) electrons. The average molecular weight is 342 g/mol. The lowest BCUT2D eigenvalue weighted by molar-refractivity contribution is -0.143. The highest BCUT2D eigenvalue weighted by atomic mass is 79.9. The summed E-state index contributed by atoms with van der Waals surface area (Å²) in [6, 6.07) is 5.52. The molecule has 0 aliphatic heterocycles. The molecular formula is C15H20BrNO3. The van der Waals surface area contributed by atoms with E-state index in [0.29, 0.717) is 18.7 Å². The Morgan fingerprint density at radius 2 is 2.00 bits per heavy atom. The Bertz CT molecular complexity index is 488. The number of aryl methyl sites for hydroxylation is 1. The summed E-state index contributed by atoms with van der Waals surface area (Å²) in [4.78, 5) is 25.6. The maximum Gasteiger partial charge on any atom is 0.325 e. The molecule has 0 saturated heterocycles. The van der Waals surface area contributed by atoms with Gasteiger partial charge in [-0.15, -0.1) is 0 Å². The van der Waals surface area contributed by atoms with Gasteiger partial charge in [-0.3, -0.25) is 9.59 Å². The van der Waals surface area contributed by atoms with Crippen LogP contribution in [0.15, 0.2) is 22.7 Å². The lowest BCUT2D eigenvalue weighted by Gasteiger charge is -2.22. The zero-order valence-corrected chi connectivity index (χ0v) is 13.7. The predicted molar refractivity (Wildman–Crippen MR) is 81.7 cm³/mol. The van der Waals surface area contributed by atoms with Crippen LogP contribution >= 0.6 is 15.9 Å². The molecule has 0 N–H and O–H groups in total. The van der Waals surface area contributed by atoms with Gasteiger partial charge in [0.15, 0.2) is 0 Å². The van der Waals surface area contributed by atoms with Crippen molar-refractivity contribution in [1.82, 2.24) is 4.90 Å². The Kier molecular flexibility index (Phi) is 6.71. The van der Waals surface area contributed by atoms with Crippen molar-refractivity contribution in [2.24, 2.45) is 0 Å².